The van der Waals surface area contributed by atoms with Crippen LogP contribution in [0.2, 0.25) is 0 Å². The lowest BCUT2D eigenvalue weighted by Gasteiger charge is -2.29. The van der Waals surface area contributed by atoms with Crippen molar-refractivity contribution in [3.63, 3.8) is 0 Å². The molecule has 4 heteroatoms. The van der Waals surface area contributed by atoms with Crippen LogP contribution in [0.15, 0.2) is 24.3 Å². The van der Waals surface area contributed by atoms with Crippen LogP contribution in [0.4, 0.5) is 10.5 Å². The maximum absolute atomic E-state index is 12.5. The summed E-state index contributed by atoms with van der Waals surface area (Å²) in [6, 6.07) is 7.72. The lowest BCUT2D eigenvalue weighted by molar-refractivity contribution is -0.117. The van der Waals surface area contributed by atoms with Crippen LogP contribution >= 0.6 is 0 Å². The summed E-state index contributed by atoms with van der Waals surface area (Å²) in [5.41, 5.74) is 1.93. The van der Waals surface area contributed by atoms with Crippen molar-refractivity contribution in [1.82, 2.24) is 4.90 Å². The number of benzene rings is 1. The molecule has 0 spiro atoms. The molecule has 1 aliphatic rings. The molecule has 4 nitrogen and oxygen atoms in total. The number of aryl methyl sites for hydroxylation is 1. The van der Waals surface area contributed by atoms with Gasteiger partial charge >= 0.3 is 6.03 Å². The number of anilines is 1. The van der Waals surface area contributed by atoms with Gasteiger partial charge in [0.15, 0.2) is 0 Å². The second kappa shape index (κ2) is 7.25. The molecule has 21 heavy (non-hydrogen) atoms. The fraction of sp³-hybridized carbons (Fsp3) is 0.529. The van der Waals surface area contributed by atoms with Crippen molar-refractivity contribution >= 4 is 17.5 Å². The molecule has 1 fully saturated rings. The molecular formula is C17H24N2O2. The summed E-state index contributed by atoms with van der Waals surface area (Å²) in [7, 11) is 0. The highest BCUT2D eigenvalue weighted by molar-refractivity contribution is 5.90. The van der Waals surface area contributed by atoms with Crippen LogP contribution < -0.4 is 5.32 Å². The Morgan fingerprint density at radius 1 is 1.29 bits per heavy atom. The van der Waals surface area contributed by atoms with Crippen LogP contribution in [0.5, 0.6) is 0 Å². The van der Waals surface area contributed by atoms with E-state index in [-0.39, 0.29) is 17.9 Å². The lowest BCUT2D eigenvalue weighted by atomic mass is 10.0. The van der Waals surface area contributed by atoms with Gasteiger partial charge in [-0.1, -0.05) is 25.0 Å². The molecule has 1 aromatic rings. The monoisotopic (exact) mass is 288 g/mol. The average molecular weight is 288 g/mol. The Morgan fingerprint density at radius 2 is 2.10 bits per heavy atom. The van der Waals surface area contributed by atoms with Crippen molar-refractivity contribution in [2.75, 3.05) is 11.9 Å². The molecule has 1 N–H and O–H groups in total. The fourth-order valence-electron chi connectivity index (χ4n) is 2.91. The van der Waals surface area contributed by atoms with Gasteiger partial charge in [-0.25, -0.2) is 4.79 Å². The average Bonchev–Trinajstić information content (AvgIpc) is 2.63. The highest BCUT2D eigenvalue weighted by atomic mass is 16.2. The predicted octanol–water partition coefficient (Wildman–Crippen LogP) is 3.75. The van der Waals surface area contributed by atoms with Gasteiger partial charge in [-0.3, -0.25) is 4.79 Å². The molecule has 0 aliphatic carbocycles. The lowest BCUT2D eigenvalue weighted by Crippen LogP contribution is -2.43. The van der Waals surface area contributed by atoms with E-state index in [9.17, 15) is 9.59 Å². The Bertz CT molecular complexity index is 513. The van der Waals surface area contributed by atoms with E-state index < -0.39 is 0 Å². The third kappa shape index (κ3) is 4.59. The summed E-state index contributed by atoms with van der Waals surface area (Å²) >= 11 is 0. The molecule has 0 saturated carbocycles. The number of ketones is 1. The Balaban J connectivity index is 2.08. The molecule has 2 amide bonds. The number of hydrogen-bond donors (Lipinski definition) is 1. The SMILES string of the molecule is CC(=O)CC1CCCCCN1C(=O)Nc1cccc(C)c1. The van der Waals surface area contributed by atoms with E-state index in [4.69, 9.17) is 0 Å². The molecule has 0 aromatic heterocycles. The number of carbonyl (C=O) groups excluding carboxylic acids is 2. The van der Waals surface area contributed by atoms with Crippen LogP contribution in [0.1, 0.15) is 44.6 Å². The first-order valence-corrected chi connectivity index (χ1v) is 7.70. The summed E-state index contributed by atoms with van der Waals surface area (Å²) in [6.45, 7) is 4.33. The van der Waals surface area contributed by atoms with Crippen LogP contribution in [0, 0.1) is 6.92 Å². The van der Waals surface area contributed by atoms with Gasteiger partial charge < -0.3 is 10.2 Å². The van der Waals surface area contributed by atoms with E-state index in [1.165, 1.54) is 0 Å². The minimum atomic E-state index is -0.0891. The highest BCUT2D eigenvalue weighted by Gasteiger charge is 2.26. The quantitative estimate of drug-likeness (QED) is 0.921. The topological polar surface area (TPSA) is 49.4 Å². The zero-order valence-corrected chi connectivity index (χ0v) is 12.9. The van der Waals surface area contributed by atoms with Crippen LogP contribution in [-0.2, 0) is 4.79 Å². The first kappa shape index (κ1) is 15.5. The first-order chi connectivity index (χ1) is 10.1. The zero-order chi connectivity index (χ0) is 15.2. The van der Waals surface area contributed by atoms with Crippen LogP contribution in [0.3, 0.4) is 0 Å². The summed E-state index contributed by atoms with van der Waals surface area (Å²) in [6.07, 6.45) is 4.60. The van der Waals surface area contributed by atoms with Gasteiger partial charge in [0, 0.05) is 24.7 Å². The van der Waals surface area contributed by atoms with Gasteiger partial charge in [-0.15, -0.1) is 0 Å². The Labute approximate surface area is 126 Å². The Hall–Kier alpha value is -1.84. The standard InChI is InChI=1S/C17H24N2O2/c1-13-7-6-8-15(11-13)18-17(21)19-10-5-3-4-9-16(19)12-14(2)20/h6-8,11,16H,3-5,9-10,12H2,1-2H3,(H,18,21). The van der Waals surface area contributed by atoms with Crippen molar-refractivity contribution < 1.29 is 9.59 Å². The predicted molar refractivity (Wildman–Crippen MR) is 84.5 cm³/mol. The Morgan fingerprint density at radius 3 is 2.81 bits per heavy atom. The first-order valence-electron chi connectivity index (χ1n) is 7.70. The van der Waals surface area contributed by atoms with E-state index in [2.05, 4.69) is 5.32 Å². The number of hydrogen-bond acceptors (Lipinski definition) is 2. The third-order valence-electron chi connectivity index (χ3n) is 3.93. The maximum atomic E-state index is 12.5. The number of amides is 2. The van der Waals surface area contributed by atoms with Crippen LogP contribution in [-0.4, -0.2) is 29.3 Å². The number of likely N-dealkylation sites (tertiary alicyclic amines) is 1. The normalized spacial score (nSPS) is 19.0. The molecule has 1 aromatic carbocycles. The zero-order valence-electron chi connectivity index (χ0n) is 12.9. The molecule has 1 heterocycles. The summed E-state index contributed by atoms with van der Waals surface area (Å²) < 4.78 is 0. The largest absolute Gasteiger partial charge is 0.322 e. The Kier molecular flexibility index (Phi) is 5.37. The fourth-order valence-corrected chi connectivity index (χ4v) is 2.91. The summed E-state index contributed by atoms with van der Waals surface area (Å²) in [5, 5.41) is 2.96. The smallest absolute Gasteiger partial charge is 0.321 e. The highest BCUT2D eigenvalue weighted by Crippen LogP contribution is 2.21. The second-order valence-electron chi connectivity index (χ2n) is 5.90. The summed E-state index contributed by atoms with van der Waals surface area (Å²) in [5.74, 6) is 0.148. The van der Waals surface area contributed by atoms with Crippen molar-refractivity contribution in [2.24, 2.45) is 0 Å². The van der Waals surface area contributed by atoms with E-state index in [1.807, 2.05) is 36.1 Å². The second-order valence-corrected chi connectivity index (χ2v) is 5.90. The van der Waals surface area contributed by atoms with Crippen molar-refractivity contribution in [1.29, 1.82) is 0 Å². The van der Waals surface area contributed by atoms with Gasteiger partial charge in [-0.05, 0) is 44.4 Å². The minimum Gasteiger partial charge on any atom is -0.321 e. The number of Topliss-reactive ketones (excluding diaryl/α,β-unsaturated/α-hetero) is 1. The van der Waals surface area contributed by atoms with Crippen molar-refractivity contribution in [3.8, 4) is 0 Å². The molecule has 1 atom stereocenters. The number of rotatable bonds is 3. The van der Waals surface area contributed by atoms with Crippen LogP contribution in [0.25, 0.3) is 0 Å². The van der Waals surface area contributed by atoms with E-state index >= 15 is 0 Å². The van der Waals surface area contributed by atoms with Crippen molar-refractivity contribution in [3.05, 3.63) is 29.8 Å². The number of nitrogens with zero attached hydrogens (tertiary/aromatic N) is 1. The third-order valence-corrected chi connectivity index (χ3v) is 3.93. The molecule has 2 rings (SSSR count). The van der Waals surface area contributed by atoms with Gasteiger partial charge in [0.25, 0.3) is 0 Å². The minimum absolute atomic E-state index is 0.0369. The van der Waals surface area contributed by atoms with Gasteiger partial charge in [0.2, 0.25) is 0 Å². The molecule has 1 unspecified atom stereocenters. The maximum Gasteiger partial charge on any atom is 0.322 e. The van der Waals surface area contributed by atoms with E-state index in [0.29, 0.717) is 6.42 Å². The molecule has 0 bridgehead atoms. The van der Waals surface area contributed by atoms with Crippen molar-refractivity contribution in [2.45, 2.75) is 52.0 Å². The molecule has 1 aliphatic heterocycles. The van der Waals surface area contributed by atoms with Gasteiger partial charge in [0.05, 0.1) is 0 Å². The molecule has 1 saturated heterocycles. The van der Waals surface area contributed by atoms with E-state index in [0.717, 1.165) is 43.5 Å². The molecule has 114 valence electrons. The number of carbonyl (C=O) groups is 2. The van der Waals surface area contributed by atoms with Gasteiger partial charge in [0.1, 0.15) is 5.78 Å². The van der Waals surface area contributed by atoms with E-state index in [1.54, 1.807) is 6.92 Å². The number of urea groups is 1. The number of nitrogens with one attached hydrogen (secondary N) is 1. The summed E-state index contributed by atoms with van der Waals surface area (Å²) in [4.78, 5) is 25.8. The molecular weight excluding hydrogens is 264 g/mol. The molecule has 0 radical (unpaired) electrons. The van der Waals surface area contributed by atoms with Gasteiger partial charge in [-0.2, -0.15) is 0 Å².